The summed E-state index contributed by atoms with van der Waals surface area (Å²) in [5.74, 6) is 0. The van der Waals surface area contributed by atoms with Gasteiger partial charge in [0.15, 0.2) is 0 Å². The Labute approximate surface area is 144 Å². The van der Waals surface area contributed by atoms with E-state index in [0.29, 0.717) is 12.2 Å². The quantitative estimate of drug-likeness (QED) is 0.709. The minimum absolute atomic E-state index is 0.00298. The van der Waals surface area contributed by atoms with Crippen molar-refractivity contribution in [3.8, 4) is 6.07 Å². The van der Waals surface area contributed by atoms with Gasteiger partial charge in [-0.25, -0.2) is 0 Å². The molecule has 25 heavy (non-hydrogen) atoms. The number of hydrogen-bond donors (Lipinski definition) is 0. The molecular formula is C20H17F3N2. The summed E-state index contributed by atoms with van der Waals surface area (Å²) >= 11 is 0. The Hall–Kier alpha value is -2.74. The van der Waals surface area contributed by atoms with Crippen LogP contribution in [-0.2, 0) is 12.6 Å². The zero-order chi connectivity index (χ0) is 18.0. The summed E-state index contributed by atoms with van der Waals surface area (Å²) in [5.41, 5.74) is 1.57. The molecule has 1 aliphatic carbocycles. The first-order chi connectivity index (χ1) is 12.0. The van der Waals surface area contributed by atoms with Crippen LogP contribution in [0.1, 0.15) is 34.7 Å². The fourth-order valence-electron chi connectivity index (χ4n) is 3.45. The maximum absolute atomic E-state index is 13.3. The second-order valence-electron chi connectivity index (χ2n) is 6.03. The van der Waals surface area contributed by atoms with Crippen LogP contribution < -0.4 is 4.90 Å². The van der Waals surface area contributed by atoms with E-state index in [1.165, 1.54) is 11.6 Å². The van der Waals surface area contributed by atoms with Gasteiger partial charge in [0.1, 0.15) is 0 Å². The van der Waals surface area contributed by atoms with Gasteiger partial charge in [-0.2, -0.15) is 18.4 Å². The topological polar surface area (TPSA) is 27.0 Å². The molecule has 3 rings (SSSR count). The molecule has 0 bridgehead atoms. The number of benzene rings is 2. The van der Waals surface area contributed by atoms with E-state index < -0.39 is 11.7 Å². The molecule has 0 N–H and O–H groups in total. The van der Waals surface area contributed by atoms with E-state index in [-0.39, 0.29) is 11.6 Å². The minimum atomic E-state index is -4.56. The van der Waals surface area contributed by atoms with Crippen molar-refractivity contribution in [2.24, 2.45) is 0 Å². The molecule has 0 fully saturated rings. The van der Waals surface area contributed by atoms with Crippen molar-refractivity contribution in [1.29, 1.82) is 5.26 Å². The molecule has 0 amide bonds. The monoisotopic (exact) mass is 342 g/mol. The molecular weight excluding hydrogens is 325 g/mol. The number of nitrogens with zero attached hydrogens (tertiary/aromatic N) is 2. The van der Waals surface area contributed by atoms with Crippen molar-refractivity contribution in [3.05, 3.63) is 77.4 Å². The second-order valence-corrected chi connectivity index (χ2v) is 6.03. The van der Waals surface area contributed by atoms with Gasteiger partial charge in [0.25, 0.3) is 0 Å². The molecule has 128 valence electrons. The molecule has 2 nitrogen and oxygen atoms in total. The van der Waals surface area contributed by atoms with Gasteiger partial charge in [-0.1, -0.05) is 30.3 Å². The van der Waals surface area contributed by atoms with Crippen molar-refractivity contribution < 1.29 is 13.2 Å². The molecule has 0 spiro atoms. The minimum Gasteiger partial charge on any atom is -0.361 e. The number of anilines is 1. The van der Waals surface area contributed by atoms with Crippen LogP contribution in [0, 0.1) is 11.3 Å². The van der Waals surface area contributed by atoms with Crippen LogP contribution in [0.2, 0.25) is 0 Å². The average molecular weight is 342 g/mol. The van der Waals surface area contributed by atoms with Crippen molar-refractivity contribution in [2.75, 3.05) is 11.4 Å². The van der Waals surface area contributed by atoms with E-state index in [2.05, 4.69) is 12.6 Å². The first-order valence-corrected chi connectivity index (χ1v) is 8.02. The summed E-state index contributed by atoms with van der Waals surface area (Å²) in [6.07, 6.45) is -1.13. The summed E-state index contributed by atoms with van der Waals surface area (Å²) in [6, 6.07) is 13.5. The molecule has 2 aromatic carbocycles. The third-order valence-corrected chi connectivity index (χ3v) is 4.56. The van der Waals surface area contributed by atoms with Crippen LogP contribution >= 0.6 is 0 Å². The number of fused-ring (bicyclic) bond motifs is 1. The first-order valence-electron chi connectivity index (χ1n) is 8.02. The number of aryl methyl sites for hydroxylation is 1. The van der Waals surface area contributed by atoms with Gasteiger partial charge >= 0.3 is 6.18 Å². The lowest BCUT2D eigenvalue weighted by Crippen LogP contribution is -2.28. The van der Waals surface area contributed by atoms with Crippen molar-refractivity contribution in [3.63, 3.8) is 0 Å². The van der Waals surface area contributed by atoms with Gasteiger partial charge in [-0.15, -0.1) is 6.58 Å². The average Bonchev–Trinajstić information content (AvgIpc) is 3.02. The van der Waals surface area contributed by atoms with Crippen molar-refractivity contribution in [2.45, 2.75) is 25.1 Å². The molecule has 0 radical (unpaired) electrons. The summed E-state index contributed by atoms with van der Waals surface area (Å²) in [4.78, 5) is 1.93. The number of alkyl halides is 3. The third kappa shape index (κ3) is 3.25. The fraction of sp³-hybridized carbons (Fsp3) is 0.250. The molecule has 2 aromatic rings. The highest BCUT2D eigenvalue weighted by Crippen LogP contribution is 2.40. The molecule has 0 heterocycles. The highest BCUT2D eigenvalue weighted by molar-refractivity contribution is 5.57. The third-order valence-electron chi connectivity index (χ3n) is 4.56. The smallest absolute Gasteiger partial charge is 0.361 e. The molecule has 0 aliphatic heterocycles. The molecule has 5 heteroatoms. The standard InChI is InChI=1S/C20H17F3N2/c1-2-11-25(19-10-8-14-5-3-4-6-17(14)19)16-9-7-15(13-24)18(12-16)20(21,22)23/h2-7,9,12,19H,1,8,10-11H2/t19-/m1/s1. The lowest BCUT2D eigenvalue weighted by atomic mass is 10.0. The molecule has 0 saturated carbocycles. The zero-order valence-electron chi connectivity index (χ0n) is 13.6. The fourth-order valence-corrected chi connectivity index (χ4v) is 3.45. The van der Waals surface area contributed by atoms with E-state index in [4.69, 9.17) is 5.26 Å². The highest BCUT2D eigenvalue weighted by Gasteiger charge is 2.35. The largest absolute Gasteiger partial charge is 0.417 e. The van der Waals surface area contributed by atoms with Crippen molar-refractivity contribution in [1.82, 2.24) is 0 Å². The molecule has 1 atom stereocenters. The van der Waals surface area contributed by atoms with Crippen LogP contribution in [0.15, 0.2) is 55.1 Å². The molecule has 0 unspecified atom stereocenters. The molecule has 0 saturated heterocycles. The van der Waals surface area contributed by atoms with E-state index in [9.17, 15) is 13.2 Å². The number of nitriles is 1. The number of hydrogen-bond acceptors (Lipinski definition) is 2. The maximum atomic E-state index is 13.3. The lowest BCUT2D eigenvalue weighted by Gasteiger charge is -2.31. The summed E-state index contributed by atoms with van der Waals surface area (Å²) in [6.45, 7) is 4.17. The zero-order valence-corrected chi connectivity index (χ0v) is 13.6. The number of halogens is 3. The van der Waals surface area contributed by atoms with Gasteiger partial charge in [0.2, 0.25) is 0 Å². The van der Waals surface area contributed by atoms with Gasteiger partial charge in [0.05, 0.1) is 23.2 Å². The normalized spacial score (nSPS) is 16.2. The summed E-state index contributed by atoms with van der Waals surface area (Å²) in [7, 11) is 0. The predicted molar refractivity (Wildman–Crippen MR) is 91.2 cm³/mol. The number of rotatable bonds is 4. The van der Waals surface area contributed by atoms with Gasteiger partial charge in [-0.05, 0) is 42.2 Å². The van der Waals surface area contributed by atoms with Gasteiger partial charge < -0.3 is 4.90 Å². The Kier molecular flexibility index (Phi) is 4.54. The lowest BCUT2D eigenvalue weighted by molar-refractivity contribution is -0.137. The first kappa shape index (κ1) is 17.1. The van der Waals surface area contributed by atoms with Crippen LogP contribution in [-0.4, -0.2) is 6.54 Å². The summed E-state index contributed by atoms with van der Waals surface area (Å²) in [5, 5.41) is 8.98. The Balaban J connectivity index is 2.06. The Morgan fingerprint density at radius 1 is 1.24 bits per heavy atom. The predicted octanol–water partition coefficient (Wildman–Crippen LogP) is 5.26. The molecule has 0 aromatic heterocycles. The van der Waals surface area contributed by atoms with E-state index in [1.807, 2.05) is 23.1 Å². The van der Waals surface area contributed by atoms with Crippen LogP contribution in [0.25, 0.3) is 0 Å². The van der Waals surface area contributed by atoms with Crippen LogP contribution in [0.5, 0.6) is 0 Å². The SMILES string of the molecule is C=CCN(c1ccc(C#N)c(C(F)(F)F)c1)[C@@H]1CCc2ccccc21. The highest BCUT2D eigenvalue weighted by atomic mass is 19.4. The van der Waals surface area contributed by atoms with E-state index in [0.717, 1.165) is 24.5 Å². The van der Waals surface area contributed by atoms with Crippen LogP contribution in [0.4, 0.5) is 18.9 Å². The Morgan fingerprint density at radius 3 is 2.68 bits per heavy atom. The summed E-state index contributed by atoms with van der Waals surface area (Å²) < 4.78 is 39.9. The second kappa shape index (κ2) is 6.64. The molecule has 1 aliphatic rings. The Bertz CT molecular complexity index is 834. The van der Waals surface area contributed by atoms with Gasteiger partial charge in [-0.3, -0.25) is 0 Å². The van der Waals surface area contributed by atoms with Crippen molar-refractivity contribution >= 4 is 5.69 Å². The van der Waals surface area contributed by atoms with E-state index >= 15 is 0 Å². The van der Waals surface area contributed by atoms with Gasteiger partial charge in [0, 0.05) is 12.2 Å². The maximum Gasteiger partial charge on any atom is 0.417 e. The van der Waals surface area contributed by atoms with Crippen LogP contribution in [0.3, 0.4) is 0 Å². The Morgan fingerprint density at radius 2 is 2.00 bits per heavy atom. The van der Waals surface area contributed by atoms with E-state index in [1.54, 1.807) is 18.2 Å².